The van der Waals surface area contributed by atoms with Crippen LogP contribution in [-0.4, -0.2) is 41.1 Å². The Balaban J connectivity index is 2.20. The standard InChI is InChI=1S/C13H21N3O2/c1-12(2,3)18-11(17)16-7-8-9(13(16,4)5)6-15-10(8)14/h6-7H2,1-5H3,(H2,14,15). The number of carbonyl (C=O) groups is 1. The highest BCUT2D eigenvalue weighted by molar-refractivity contribution is 6.02. The Bertz CT molecular complexity index is 455. The summed E-state index contributed by atoms with van der Waals surface area (Å²) in [6, 6.07) is 0. The zero-order valence-electron chi connectivity index (χ0n) is 11.7. The first kappa shape index (κ1) is 12.9. The summed E-state index contributed by atoms with van der Waals surface area (Å²) in [5, 5.41) is 0. The largest absolute Gasteiger partial charge is 0.444 e. The number of carbonyl (C=O) groups excluding carboxylic acids is 1. The van der Waals surface area contributed by atoms with Gasteiger partial charge in [-0.2, -0.15) is 0 Å². The minimum absolute atomic E-state index is 0.297. The van der Waals surface area contributed by atoms with Crippen LogP contribution in [0.2, 0.25) is 0 Å². The van der Waals surface area contributed by atoms with Crippen LogP contribution >= 0.6 is 0 Å². The molecule has 1 amide bonds. The molecular formula is C13H21N3O2. The van der Waals surface area contributed by atoms with E-state index in [1.54, 1.807) is 4.90 Å². The summed E-state index contributed by atoms with van der Waals surface area (Å²) in [5.74, 6) is 0.559. The average molecular weight is 251 g/mol. The van der Waals surface area contributed by atoms with Gasteiger partial charge < -0.3 is 10.5 Å². The second-order valence-electron chi connectivity index (χ2n) is 6.28. The number of nitrogens with two attached hydrogens (primary N) is 1. The monoisotopic (exact) mass is 251 g/mol. The van der Waals surface area contributed by atoms with E-state index < -0.39 is 5.60 Å². The third-order valence-electron chi connectivity index (χ3n) is 3.42. The summed E-state index contributed by atoms with van der Waals surface area (Å²) in [6.07, 6.45) is -0.297. The summed E-state index contributed by atoms with van der Waals surface area (Å²) >= 11 is 0. The number of ether oxygens (including phenoxy) is 1. The fraction of sp³-hybridized carbons (Fsp3) is 0.692. The molecule has 2 N–H and O–H groups in total. The summed E-state index contributed by atoms with van der Waals surface area (Å²) in [4.78, 5) is 18.2. The van der Waals surface area contributed by atoms with Crippen LogP contribution in [0.5, 0.6) is 0 Å². The van der Waals surface area contributed by atoms with E-state index in [4.69, 9.17) is 10.5 Å². The maximum Gasteiger partial charge on any atom is 0.411 e. The molecule has 0 aliphatic carbocycles. The molecule has 0 aromatic heterocycles. The molecule has 5 nitrogen and oxygen atoms in total. The maximum absolute atomic E-state index is 12.2. The quantitative estimate of drug-likeness (QED) is 0.712. The van der Waals surface area contributed by atoms with Crippen molar-refractivity contribution < 1.29 is 9.53 Å². The Morgan fingerprint density at radius 2 is 2.06 bits per heavy atom. The van der Waals surface area contributed by atoms with Gasteiger partial charge in [0.25, 0.3) is 0 Å². The van der Waals surface area contributed by atoms with Gasteiger partial charge in [-0.3, -0.25) is 9.89 Å². The molecule has 5 heteroatoms. The lowest BCUT2D eigenvalue weighted by atomic mass is 9.94. The van der Waals surface area contributed by atoms with Crippen molar-refractivity contribution in [1.29, 1.82) is 0 Å². The van der Waals surface area contributed by atoms with Crippen LogP contribution in [0, 0.1) is 0 Å². The second kappa shape index (κ2) is 3.73. The predicted molar refractivity (Wildman–Crippen MR) is 70.5 cm³/mol. The highest BCUT2D eigenvalue weighted by Gasteiger charge is 2.46. The van der Waals surface area contributed by atoms with Gasteiger partial charge in [0.05, 0.1) is 18.6 Å². The van der Waals surface area contributed by atoms with Crippen molar-refractivity contribution in [1.82, 2.24) is 4.90 Å². The van der Waals surface area contributed by atoms with Gasteiger partial charge in [0.2, 0.25) is 0 Å². The number of hydrogen-bond donors (Lipinski definition) is 1. The van der Waals surface area contributed by atoms with Crippen LogP contribution in [0.25, 0.3) is 0 Å². The molecule has 0 saturated heterocycles. The van der Waals surface area contributed by atoms with Crippen LogP contribution < -0.4 is 5.73 Å². The normalized spacial score (nSPS) is 22.1. The van der Waals surface area contributed by atoms with E-state index in [-0.39, 0.29) is 11.6 Å². The number of rotatable bonds is 0. The van der Waals surface area contributed by atoms with Gasteiger partial charge in [0.1, 0.15) is 11.4 Å². The van der Waals surface area contributed by atoms with E-state index in [0.717, 1.165) is 11.1 Å². The number of amidine groups is 1. The SMILES string of the molecule is CC(C)(C)OC(=O)N1CC2=C(CN=C2N)C1(C)C. The van der Waals surface area contributed by atoms with Gasteiger partial charge in [-0.25, -0.2) is 4.79 Å². The summed E-state index contributed by atoms with van der Waals surface area (Å²) in [6.45, 7) is 10.7. The van der Waals surface area contributed by atoms with Crippen molar-refractivity contribution in [3.05, 3.63) is 11.1 Å². The van der Waals surface area contributed by atoms with E-state index in [1.807, 2.05) is 34.6 Å². The zero-order valence-corrected chi connectivity index (χ0v) is 11.7. The minimum atomic E-state index is -0.486. The number of hydrogen-bond acceptors (Lipinski definition) is 4. The zero-order chi connectivity index (χ0) is 13.7. The average Bonchev–Trinajstić information content (AvgIpc) is 2.64. The van der Waals surface area contributed by atoms with Crippen LogP contribution in [-0.2, 0) is 4.74 Å². The molecule has 0 unspecified atom stereocenters. The predicted octanol–water partition coefficient (Wildman–Crippen LogP) is 1.68. The molecule has 2 heterocycles. The van der Waals surface area contributed by atoms with E-state index >= 15 is 0 Å². The number of amides is 1. The summed E-state index contributed by atoms with van der Waals surface area (Å²) < 4.78 is 5.44. The molecule has 0 atom stereocenters. The summed E-state index contributed by atoms with van der Waals surface area (Å²) in [5.41, 5.74) is 7.11. The molecule has 2 rings (SSSR count). The van der Waals surface area contributed by atoms with Crippen molar-refractivity contribution in [2.75, 3.05) is 13.1 Å². The van der Waals surface area contributed by atoms with Gasteiger partial charge in [-0.15, -0.1) is 0 Å². The van der Waals surface area contributed by atoms with Gasteiger partial charge in [-0.05, 0) is 40.2 Å². The molecule has 2 aliphatic heterocycles. The minimum Gasteiger partial charge on any atom is -0.444 e. The Labute approximate surface area is 108 Å². The van der Waals surface area contributed by atoms with Crippen molar-refractivity contribution in [3.63, 3.8) is 0 Å². The molecule has 0 saturated carbocycles. The third kappa shape index (κ3) is 1.98. The van der Waals surface area contributed by atoms with Crippen LogP contribution in [0.4, 0.5) is 4.79 Å². The van der Waals surface area contributed by atoms with Crippen LogP contribution in [0.15, 0.2) is 16.1 Å². The van der Waals surface area contributed by atoms with Crippen LogP contribution in [0.1, 0.15) is 34.6 Å². The Morgan fingerprint density at radius 1 is 1.44 bits per heavy atom. The van der Waals surface area contributed by atoms with Gasteiger partial charge in [0.15, 0.2) is 0 Å². The lowest BCUT2D eigenvalue weighted by Crippen LogP contribution is -2.48. The Kier molecular flexibility index (Phi) is 2.68. The summed E-state index contributed by atoms with van der Waals surface area (Å²) in [7, 11) is 0. The van der Waals surface area contributed by atoms with Gasteiger partial charge >= 0.3 is 6.09 Å². The first-order chi connectivity index (χ1) is 8.13. The molecule has 0 spiro atoms. The fourth-order valence-corrected chi connectivity index (χ4v) is 2.38. The lowest BCUT2D eigenvalue weighted by molar-refractivity contribution is 0.0150. The van der Waals surface area contributed by atoms with Crippen molar-refractivity contribution in [2.24, 2.45) is 10.7 Å². The molecule has 0 radical (unpaired) electrons. The maximum atomic E-state index is 12.2. The highest BCUT2D eigenvalue weighted by Crippen LogP contribution is 2.38. The lowest BCUT2D eigenvalue weighted by Gasteiger charge is -2.35. The molecule has 0 fully saturated rings. The molecule has 2 aliphatic rings. The van der Waals surface area contributed by atoms with Crippen molar-refractivity contribution >= 4 is 11.9 Å². The highest BCUT2D eigenvalue weighted by atomic mass is 16.6. The second-order valence-corrected chi connectivity index (χ2v) is 6.28. The molecule has 0 aromatic rings. The Morgan fingerprint density at radius 3 is 2.56 bits per heavy atom. The molecule has 18 heavy (non-hydrogen) atoms. The number of nitrogens with zero attached hydrogens (tertiary/aromatic N) is 2. The van der Waals surface area contributed by atoms with Crippen molar-refractivity contribution in [2.45, 2.75) is 45.8 Å². The molecule has 100 valence electrons. The van der Waals surface area contributed by atoms with E-state index in [2.05, 4.69) is 4.99 Å². The van der Waals surface area contributed by atoms with Gasteiger partial charge in [0, 0.05) is 5.57 Å². The molecular weight excluding hydrogens is 230 g/mol. The molecule has 0 aromatic carbocycles. The van der Waals surface area contributed by atoms with Crippen molar-refractivity contribution in [3.8, 4) is 0 Å². The smallest absolute Gasteiger partial charge is 0.411 e. The Hall–Kier alpha value is -1.52. The molecule has 0 bridgehead atoms. The first-order valence-corrected chi connectivity index (χ1v) is 6.16. The third-order valence-corrected chi connectivity index (χ3v) is 3.42. The van der Waals surface area contributed by atoms with Crippen LogP contribution in [0.3, 0.4) is 0 Å². The van der Waals surface area contributed by atoms with Gasteiger partial charge in [-0.1, -0.05) is 0 Å². The van der Waals surface area contributed by atoms with E-state index in [0.29, 0.717) is 18.9 Å². The number of aliphatic imine (C=N–C) groups is 1. The first-order valence-electron chi connectivity index (χ1n) is 6.16. The van der Waals surface area contributed by atoms with E-state index in [9.17, 15) is 4.79 Å². The topological polar surface area (TPSA) is 67.9 Å². The fourth-order valence-electron chi connectivity index (χ4n) is 2.38. The van der Waals surface area contributed by atoms with E-state index in [1.165, 1.54) is 0 Å².